The second-order valence-electron chi connectivity index (χ2n) is 4.56. The molecule has 1 aromatic heterocycles. The Bertz CT molecular complexity index is 772. The standard InChI is InChI=1S/C12H11N5O4S2/c1-15(2)12(22)14-11-13-9(10(23-11)17(20)21)7-3-5-8(6-4-7)16(18)19/h3-6H,1-2H3,(H,13,14,22). The van der Waals surface area contributed by atoms with Crippen molar-refractivity contribution in [1.82, 2.24) is 9.88 Å². The normalized spacial score (nSPS) is 10.2. The molecule has 0 bridgehead atoms. The molecular weight excluding hydrogens is 342 g/mol. The van der Waals surface area contributed by atoms with Crippen molar-refractivity contribution in [2.24, 2.45) is 0 Å². The molecular formula is C12H11N5O4S2. The van der Waals surface area contributed by atoms with Crippen molar-refractivity contribution in [3.8, 4) is 11.3 Å². The molecule has 0 unspecified atom stereocenters. The number of anilines is 1. The van der Waals surface area contributed by atoms with Gasteiger partial charge in [-0.3, -0.25) is 20.2 Å². The largest absolute Gasteiger partial charge is 0.355 e. The van der Waals surface area contributed by atoms with E-state index in [2.05, 4.69) is 10.3 Å². The summed E-state index contributed by atoms with van der Waals surface area (Å²) < 4.78 is 0. The molecule has 0 aliphatic rings. The van der Waals surface area contributed by atoms with Crippen molar-refractivity contribution < 1.29 is 9.85 Å². The van der Waals surface area contributed by atoms with Crippen LogP contribution < -0.4 is 5.32 Å². The zero-order chi connectivity index (χ0) is 17.1. The molecule has 11 heteroatoms. The summed E-state index contributed by atoms with van der Waals surface area (Å²) in [6, 6.07) is 5.40. The van der Waals surface area contributed by atoms with Crippen LogP contribution in [0, 0.1) is 20.2 Å². The zero-order valence-corrected chi connectivity index (χ0v) is 13.7. The number of non-ortho nitro benzene ring substituents is 1. The van der Waals surface area contributed by atoms with Gasteiger partial charge in [0.1, 0.15) is 0 Å². The van der Waals surface area contributed by atoms with Gasteiger partial charge in [0, 0.05) is 31.8 Å². The minimum absolute atomic E-state index is 0.0984. The number of rotatable bonds is 4. The van der Waals surface area contributed by atoms with Gasteiger partial charge in [-0.25, -0.2) is 4.98 Å². The topological polar surface area (TPSA) is 114 Å². The van der Waals surface area contributed by atoms with Gasteiger partial charge in [0.25, 0.3) is 5.69 Å². The number of thiazole rings is 1. The first-order chi connectivity index (χ1) is 10.8. The van der Waals surface area contributed by atoms with Crippen LogP contribution in [0.15, 0.2) is 24.3 Å². The average Bonchev–Trinajstić information content (AvgIpc) is 2.91. The Morgan fingerprint density at radius 3 is 2.30 bits per heavy atom. The summed E-state index contributed by atoms with van der Waals surface area (Å²) in [4.78, 5) is 26.6. The highest BCUT2D eigenvalue weighted by Gasteiger charge is 2.23. The fourth-order valence-corrected chi connectivity index (χ4v) is 2.59. The number of benzene rings is 1. The molecule has 1 N–H and O–H groups in total. The fraction of sp³-hybridized carbons (Fsp3) is 0.167. The van der Waals surface area contributed by atoms with Crippen molar-refractivity contribution in [2.75, 3.05) is 19.4 Å². The maximum Gasteiger partial charge on any atom is 0.353 e. The highest BCUT2D eigenvalue weighted by atomic mass is 32.1. The third-order valence-electron chi connectivity index (χ3n) is 2.75. The molecule has 0 spiro atoms. The Kier molecular flexibility index (Phi) is 4.81. The summed E-state index contributed by atoms with van der Waals surface area (Å²) in [7, 11) is 3.46. The predicted molar refractivity (Wildman–Crippen MR) is 90.8 cm³/mol. The molecule has 2 rings (SSSR count). The number of hydrogen-bond donors (Lipinski definition) is 1. The van der Waals surface area contributed by atoms with E-state index >= 15 is 0 Å². The van der Waals surface area contributed by atoms with Crippen LogP contribution >= 0.6 is 23.6 Å². The van der Waals surface area contributed by atoms with E-state index in [-0.39, 0.29) is 21.5 Å². The number of thiocarbonyl (C=S) groups is 1. The monoisotopic (exact) mass is 353 g/mol. The van der Waals surface area contributed by atoms with E-state index in [0.29, 0.717) is 10.7 Å². The molecule has 120 valence electrons. The van der Waals surface area contributed by atoms with Gasteiger partial charge in [0.15, 0.2) is 15.9 Å². The van der Waals surface area contributed by atoms with Crippen molar-refractivity contribution in [2.45, 2.75) is 0 Å². The minimum Gasteiger partial charge on any atom is -0.355 e. The van der Waals surface area contributed by atoms with Gasteiger partial charge in [0.05, 0.1) is 9.85 Å². The Hall–Kier alpha value is -2.66. The molecule has 0 saturated carbocycles. The molecule has 0 amide bonds. The number of nitrogens with one attached hydrogen (secondary N) is 1. The lowest BCUT2D eigenvalue weighted by molar-refractivity contribution is -0.384. The number of aromatic nitrogens is 1. The third kappa shape index (κ3) is 3.76. The zero-order valence-electron chi connectivity index (χ0n) is 12.0. The Labute approximate surface area is 139 Å². The summed E-state index contributed by atoms with van der Waals surface area (Å²) in [5, 5.41) is 25.2. The third-order valence-corrected chi connectivity index (χ3v) is 4.14. The van der Waals surface area contributed by atoms with Gasteiger partial charge >= 0.3 is 5.00 Å². The summed E-state index contributed by atoms with van der Waals surface area (Å²) in [5.74, 6) is 0. The highest BCUT2D eigenvalue weighted by molar-refractivity contribution is 7.80. The molecule has 0 radical (unpaired) electrons. The molecule has 0 aliphatic carbocycles. The predicted octanol–water partition coefficient (Wildman–Crippen LogP) is 2.88. The van der Waals surface area contributed by atoms with Gasteiger partial charge in [-0.1, -0.05) is 0 Å². The number of nitrogens with zero attached hydrogens (tertiary/aromatic N) is 4. The molecule has 9 nitrogen and oxygen atoms in total. The van der Waals surface area contributed by atoms with Crippen LogP contribution in [0.2, 0.25) is 0 Å². The quantitative estimate of drug-likeness (QED) is 0.507. The van der Waals surface area contributed by atoms with Crippen LogP contribution in [0.1, 0.15) is 0 Å². The van der Waals surface area contributed by atoms with Crippen LogP contribution in [0.4, 0.5) is 15.8 Å². The van der Waals surface area contributed by atoms with E-state index in [1.807, 2.05) is 0 Å². The smallest absolute Gasteiger partial charge is 0.353 e. The minimum atomic E-state index is -0.543. The van der Waals surface area contributed by atoms with E-state index in [9.17, 15) is 20.2 Å². The average molecular weight is 353 g/mol. The molecule has 23 heavy (non-hydrogen) atoms. The molecule has 0 atom stereocenters. The molecule has 1 heterocycles. The van der Waals surface area contributed by atoms with Crippen LogP contribution in [-0.4, -0.2) is 38.9 Å². The van der Waals surface area contributed by atoms with Gasteiger partial charge < -0.3 is 10.2 Å². The Balaban J connectivity index is 2.40. The van der Waals surface area contributed by atoms with Gasteiger partial charge in [0.2, 0.25) is 0 Å². The molecule has 0 saturated heterocycles. The summed E-state index contributed by atoms with van der Waals surface area (Å²) in [6.07, 6.45) is 0. The first kappa shape index (κ1) is 16.7. The molecule has 0 fully saturated rings. The highest BCUT2D eigenvalue weighted by Crippen LogP contribution is 2.37. The van der Waals surface area contributed by atoms with Crippen LogP contribution in [0.3, 0.4) is 0 Å². The van der Waals surface area contributed by atoms with Crippen LogP contribution in [-0.2, 0) is 0 Å². The van der Waals surface area contributed by atoms with Crippen molar-refractivity contribution >= 4 is 44.5 Å². The summed E-state index contributed by atoms with van der Waals surface area (Å²) >= 11 is 5.93. The number of hydrogen-bond acceptors (Lipinski definition) is 7. The van der Waals surface area contributed by atoms with Gasteiger partial charge in [-0.15, -0.1) is 0 Å². The molecule has 1 aromatic carbocycles. The van der Waals surface area contributed by atoms with Crippen LogP contribution in [0.5, 0.6) is 0 Å². The first-order valence-corrected chi connectivity index (χ1v) is 7.40. The van der Waals surface area contributed by atoms with E-state index < -0.39 is 9.85 Å². The van der Waals surface area contributed by atoms with Crippen molar-refractivity contribution in [3.63, 3.8) is 0 Å². The SMILES string of the molecule is CN(C)C(=S)Nc1nc(-c2ccc([N+](=O)[O-])cc2)c([N+](=O)[O-])s1. The Morgan fingerprint density at radius 2 is 1.83 bits per heavy atom. The number of nitro benzene ring substituents is 1. The second kappa shape index (κ2) is 6.62. The lowest BCUT2D eigenvalue weighted by atomic mass is 10.1. The van der Waals surface area contributed by atoms with Crippen molar-refractivity contribution in [3.05, 3.63) is 44.5 Å². The maximum atomic E-state index is 11.2. The first-order valence-electron chi connectivity index (χ1n) is 6.18. The lowest BCUT2D eigenvalue weighted by Gasteiger charge is -2.12. The second-order valence-corrected chi connectivity index (χ2v) is 5.92. The maximum absolute atomic E-state index is 11.2. The van der Waals surface area contributed by atoms with E-state index in [4.69, 9.17) is 12.2 Å². The summed E-state index contributed by atoms with van der Waals surface area (Å²) in [6.45, 7) is 0. The van der Waals surface area contributed by atoms with E-state index in [1.165, 1.54) is 24.3 Å². The lowest BCUT2D eigenvalue weighted by Crippen LogP contribution is -2.26. The fourth-order valence-electron chi connectivity index (χ4n) is 1.62. The molecule has 2 aromatic rings. The summed E-state index contributed by atoms with van der Waals surface area (Å²) in [5.41, 5.74) is 0.458. The molecule has 0 aliphatic heterocycles. The van der Waals surface area contributed by atoms with Gasteiger partial charge in [-0.05, 0) is 35.7 Å². The van der Waals surface area contributed by atoms with E-state index in [0.717, 1.165) is 11.3 Å². The van der Waals surface area contributed by atoms with E-state index in [1.54, 1.807) is 19.0 Å². The Morgan fingerprint density at radius 1 is 1.22 bits per heavy atom. The van der Waals surface area contributed by atoms with Crippen molar-refractivity contribution in [1.29, 1.82) is 0 Å². The number of nitro groups is 2. The van der Waals surface area contributed by atoms with Crippen LogP contribution in [0.25, 0.3) is 11.3 Å². The van der Waals surface area contributed by atoms with Gasteiger partial charge in [-0.2, -0.15) is 0 Å².